The molecular weight excluding hydrogens is 484 g/mol. The summed E-state index contributed by atoms with van der Waals surface area (Å²) in [6.45, 7) is 0. The monoisotopic (exact) mass is 494 g/mol. The second kappa shape index (κ2) is 8.18. The van der Waals surface area contributed by atoms with E-state index in [-0.39, 0.29) is 31.9 Å². The summed E-state index contributed by atoms with van der Waals surface area (Å²) in [5.41, 5.74) is 3.44. The van der Waals surface area contributed by atoms with E-state index >= 15 is 0 Å². The molecule has 0 unspecified atom stereocenters. The Kier molecular flexibility index (Phi) is 5.48. The molecule has 0 radical (unpaired) electrons. The average Bonchev–Trinajstić information content (AvgIpc) is 3.39. The molecule has 0 aliphatic heterocycles. The number of hydrogen-bond donors (Lipinski definition) is 3. The summed E-state index contributed by atoms with van der Waals surface area (Å²) in [6.07, 6.45) is -4.85. The zero-order valence-electron chi connectivity index (χ0n) is 16.4. The predicted octanol–water partition coefficient (Wildman–Crippen LogP) is 4.10. The number of nitro groups is 1. The number of anilines is 1. The first-order valence-corrected chi connectivity index (χ1v) is 9.89. The number of aromatic amines is 1. The Labute approximate surface area is 189 Å². The largest absolute Gasteiger partial charge is 0.433 e. The average molecular weight is 494 g/mol. The lowest BCUT2D eigenvalue weighted by Crippen LogP contribution is -2.17. The van der Waals surface area contributed by atoms with Crippen molar-refractivity contribution in [3.8, 4) is 11.1 Å². The number of halogens is 4. The van der Waals surface area contributed by atoms with Gasteiger partial charge < -0.3 is 21.2 Å². The van der Waals surface area contributed by atoms with Crippen molar-refractivity contribution in [2.24, 2.45) is 5.73 Å². The van der Waals surface area contributed by atoms with Crippen molar-refractivity contribution in [2.75, 3.05) is 5.32 Å². The van der Waals surface area contributed by atoms with Gasteiger partial charge in [0, 0.05) is 5.39 Å². The maximum absolute atomic E-state index is 13.5. The Balaban J connectivity index is 1.95. The third kappa shape index (κ3) is 4.15. The number of nitrogens with two attached hydrogens (primary N) is 1. The molecule has 0 atom stereocenters. The molecular formula is C19H10F4N6O4S. The number of nitrogens with one attached hydrogen (secondary N) is 2. The first kappa shape index (κ1) is 22.8. The Hall–Kier alpha value is -4.40. The van der Waals surface area contributed by atoms with Gasteiger partial charge in [0.05, 0.1) is 11.8 Å². The van der Waals surface area contributed by atoms with Gasteiger partial charge in [-0.15, -0.1) is 16.4 Å². The van der Waals surface area contributed by atoms with Crippen molar-refractivity contribution in [3.63, 3.8) is 0 Å². The van der Waals surface area contributed by atoms with Crippen molar-refractivity contribution in [2.45, 2.75) is 6.18 Å². The number of H-pyrrole nitrogens is 1. The Morgan fingerprint density at radius 1 is 1.18 bits per heavy atom. The van der Waals surface area contributed by atoms with Gasteiger partial charge in [0.1, 0.15) is 21.2 Å². The summed E-state index contributed by atoms with van der Waals surface area (Å²) in [7, 11) is 0. The number of carbonyl (C=O) groups is 2. The van der Waals surface area contributed by atoms with Gasteiger partial charge in [-0.1, -0.05) is 17.2 Å². The highest BCUT2D eigenvalue weighted by molar-refractivity contribution is 7.21. The maximum Gasteiger partial charge on any atom is 0.433 e. The fourth-order valence-corrected chi connectivity index (χ4v) is 4.10. The van der Waals surface area contributed by atoms with Gasteiger partial charge in [-0.05, 0) is 34.2 Å². The number of thiophene rings is 1. The van der Waals surface area contributed by atoms with E-state index in [1.165, 1.54) is 12.1 Å². The number of rotatable bonds is 5. The van der Waals surface area contributed by atoms with E-state index in [0.29, 0.717) is 17.4 Å². The Morgan fingerprint density at radius 3 is 2.41 bits per heavy atom. The minimum absolute atomic E-state index is 0.0585. The number of fused-ring (bicyclic) bond motifs is 1. The van der Waals surface area contributed by atoms with Crippen LogP contribution in [0.1, 0.15) is 25.9 Å². The molecule has 1 aromatic carbocycles. The molecule has 10 nitrogen and oxygen atoms in total. The van der Waals surface area contributed by atoms with Crippen LogP contribution in [0, 0.1) is 15.9 Å². The second-order valence-corrected chi connectivity index (χ2v) is 7.76. The molecule has 34 heavy (non-hydrogen) atoms. The van der Waals surface area contributed by atoms with E-state index in [1.807, 2.05) is 5.10 Å². The number of alkyl halides is 3. The van der Waals surface area contributed by atoms with Gasteiger partial charge in [-0.25, -0.2) is 9.37 Å². The van der Waals surface area contributed by atoms with Gasteiger partial charge in [-0.2, -0.15) is 13.2 Å². The molecule has 0 saturated carbocycles. The second-order valence-electron chi connectivity index (χ2n) is 6.76. The van der Waals surface area contributed by atoms with Crippen molar-refractivity contribution < 1.29 is 32.1 Å². The topological polar surface area (TPSA) is 157 Å². The van der Waals surface area contributed by atoms with Crippen molar-refractivity contribution >= 4 is 44.9 Å². The quantitative estimate of drug-likeness (QED) is 0.215. The lowest BCUT2D eigenvalue weighted by Gasteiger charge is -2.12. The van der Waals surface area contributed by atoms with Crippen LogP contribution in [0.15, 0.2) is 36.4 Å². The zero-order valence-corrected chi connectivity index (χ0v) is 17.3. The van der Waals surface area contributed by atoms with Crippen LogP contribution < -0.4 is 11.1 Å². The highest BCUT2D eigenvalue weighted by Crippen LogP contribution is 2.43. The summed E-state index contributed by atoms with van der Waals surface area (Å²) < 4.78 is 53.9. The van der Waals surface area contributed by atoms with E-state index in [4.69, 9.17) is 5.73 Å². The van der Waals surface area contributed by atoms with E-state index in [2.05, 4.69) is 15.4 Å². The van der Waals surface area contributed by atoms with Crippen molar-refractivity contribution in [3.05, 3.63) is 68.6 Å². The predicted molar refractivity (Wildman–Crippen MR) is 112 cm³/mol. The van der Waals surface area contributed by atoms with Crippen LogP contribution in [0.2, 0.25) is 0 Å². The Morgan fingerprint density at radius 2 is 1.85 bits per heavy atom. The number of primary amides is 1. The van der Waals surface area contributed by atoms with Crippen LogP contribution in [-0.2, 0) is 6.18 Å². The van der Waals surface area contributed by atoms with Gasteiger partial charge in [0.2, 0.25) is 0 Å². The molecule has 3 aromatic heterocycles. The normalized spacial score (nSPS) is 11.5. The molecule has 4 aromatic rings. The fraction of sp³-hybridized carbons (Fsp3) is 0.0526. The number of aromatic nitrogens is 3. The number of carbonyl (C=O) groups excluding carboxylic acids is 2. The molecule has 0 fully saturated rings. The number of benzene rings is 1. The lowest BCUT2D eigenvalue weighted by atomic mass is 10.0. The van der Waals surface area contributed by atoms with Gasteiger partial charge in [-0.3, -0.25) is 9.59 Å². The summed E-state index contributed by atoms with van der Waals surface area (Å²) in [4.78, 5) is 37.7. The van der Waals surface area contributed by atoms with Crippen LogP contribution in [0.3, 0.4) is 0 Å². The fourth-order valence-electron chi connectivity index (χ4n) is 3.09. The van der Waals surface area contributed by atoms with Crippen LogP contribution in [0.25, 0.3) is 21.3 Å². The van der Waals surface area contributed by atoms with Crippen LogP contribution in [-0.4, -0.2) is 31.9 Å². The lowest BCUT2D eigenvalue weighted by molar-refractivity contribution is -0.389. The molecule has 15 heteroatoms. The van der Waals surface area contributed by atoms with Crippen LogP contribution >= 0.6 is 11.3 Å². The maximum atomic E-state index is 13.5. The summed E-state index contributed by atoms with van der Waals surface area (Å²) in [5, 5.41) is 18.6. The zero-order chi connectivity index (χ0) is 24.8. The molecule has 4 N–H and O–H groups in total. The van der Waals surface area contributed by atoms with Gasteiger partial charge in [0.25, 0.3) is 11.8 Å². The standard InChI is InChI=1S/C19H10F4N6O4S/c20-8-3-1-7(2-4-8)9-5-11(19(21,22)23)25-18-13(9)14(15(34-18)16(24)30)26-17(31)10-6-12(28-27-10)29(32)33/h1-6H,(H2,24,30)(H,26,31)(H,27,28). The van der Waals surface area contributed by atoms with E-state index in [9.17, 15) is 37.3 Å². The van der Waals surface area contributed by atoms with E-state index < -0.39 is 45.9 Å². The molecule has 3 heterocycles. The molecule has 2 amide bonds. The van der Waals surface area contributed by atoms with Crippen LogP contribution in [0.5, 0.6) is 0 Å². The molecule has 0 bridgehead atoms. The highest BCUT2D eigenvalue weighted by Gasteiger charge is 2.35. The number of hydrogen-bond acceptors (Lipinski definition) is 7. The van der Waals surface area contributed by atoms with E-state index in [1.54, 1.807) is 0 Å². The van der Waals surface area contributed by atoms with Crippen LogP contribution in [0.4, 0.5) is 29.1 Å². The molecule has 0 saturated heterocycles. The van der Waals surface area contributed by atoms with Crippen molar-refractivity contribution in [1.29, 1.82) is 0 Å². The first-order valence-electron chi connectivity index (χ1n) is 9.07. The van der Waals surface area contributed by atoms with Gasteiger partial charge >= 0.3 is 12.0 Å². The summed E-state index contributed by atoms with van der Waals surface area (Å²) in [6, 6.07) is 6.01. The third-order valence-corrected chi connectivity index (χ3v) is 5.66. The third-order valence-electron chi connectivity index (χ3n) is 4.56. The number of amides is 2. The number of nitrogens with zero attached hydrogens (tertiary/aromatic N) is 3. The summed E-state index contributed by atoms with van der Waals surface area (Å²) >= 11 is 0.511. The Bertz CT molecular complexity index is 1460. The van der Waals surface area contributed by atoms with Crippen molar-refractivity contribution in [1.82, 2.24) is 15.2 Å². The van der Waals surface area contributed by atoms with E-state index in [0.717, 1.165) is 18.2 Å². The van der Waals surface area contributed by atoms with Gasteiger partial charge in [0.15, 0.2) is 5.69 Å². The molecule has 0 spiro atoms. The molecule has 4 rings (SSSR count). The smallest absolute Gasteiger partial charge is 0.365 e. The number of pyridine rings is 1. The SMILES string of the molecule is NC(=O)c1sc2nc(C(F)(F)F)cc(-c3ccc(F)cc3)c2c1NC(=O)c1cc([N+](=O)[O-])[nH]n1. The minimum Gasteiger partial charge on any atom is -0.365 e. The summed E-state index contributed by atoms with van der Waals surface area (Å²) in [5.74, 6) is -3.29. The highest BCUT2D eigenvalue weighted by atomic mass is 32.1. The first-order chi connectivity index (χ1) is 16.0. The molecule has 0 aliphatic rings. The molecule has 174 valence electrons. The molecule has 0 aliphatic carbocycles. The minimum atomic E-state index is -4.85.